The molecule has 6 nitrogen and oxygen atoms in total. The Balaban J connectivity index is 1.91. The summed E-state index contributed by atoms with van der Waals surface area (Å²) in [4.78, 5) is 19.5. The number of piperazine rings is 1. The molecule has 2 aliphatic rings. The van der Waals surface area contributed by atoms with Crippen LogP contribution < -0.4 is 15.9 Å². The number of alkyl halides is 3. The molecule has 3 unspecified atom stereocenters. The fraction of sp³-hybridized carbons (Fsp3) is 0.440. The van der Waals surface area contributed by atoms with Crippen LogP contribution in [-0.4, -0.2) is 53.7 Å². The highest BCUT2D eigenvalue weighted by molar-refractivity contribution is 7.99. The summed E-state index contributed by atoms with van der Waals surface area (Å²) >= 11 is 1.06. The molecule has 0 amide bonds. The van der Waals surface area contributed by atoms with Crippen molar-refractivity contribution in [3.05, 3.63) is 51.9 Å². The van der Waals surface area contributed by atoms with Gasteiger partial charge < -0.3 is 15.0 Å². The highest BCUT2D eigenvalue weighted by Gasteiger charge is 2.39. The van der Waals surface area contributed by atoms with E-state index in [1.165, 1.54) is 11.7 Å². The summed E-state index contributed by atoms with van der Waals surface area (Å²) in [5.41, 5.74) is -2.28. The van der Waals surface area contributed by atoms with Crippen LogP contribution in [-0.2, 0) is 17.5 Å². The van der Waals surface area contributed by atoms with E-state index in [1.54, 1.807) is 0 Å². The van der Waals surface area contributed by atoms with Gasteiger partial charge in [0.2, 0.25) is 0 Å². The summed E-state index contributed by atoms with van der Waals surface area (Å²) < 4.78 is 79.2. The van der Waals surface area contributed by atoms with E-state index in [1.807, 2.05) is 18.7 Å². The van der Waals surface area contributed by atoms with Crippen LogP contribution in [0.15, 0.2) is 34.0 Å². The molecular weight excluding hydrogens is 515 g/mol. The van der Waals surface area contributed by atoms with Gasteiger partial charge in [-0.2, -0.15) is 18.2 Å². The molecule has 1 aromatic heterocycles. The number of halogens is 5. The highest BCUT2D eigenvalue weighted by Crippen LogP contribution is 2.48. The molecular formula is C25H25F5N4O2S. The van der Waals surface area contributed by atoms with Crippen LogP contribution in [0.25, 0.3) is 22.0 Å². The Kier molecular flexibility index (Phi) is 6.70. The maximum atomic E-state index is 15.0. The normalized spacial score (nSPS) is 22.4. The number of nitrogens with one attached hydrogen (secondary N) is 1. The average molecular weight is 541 g/mol. The molecule has 0 saturated carbocycles. The van der Waals surface area contributed by atoms with Crippen molar-refractivity contribution in [1.82, 2.24) is 14.9 Å². The molecule has 2 aromatic carbocycles. The van der Waals surface area contributed by atoms with Crippen molar-refractivity contribution >= 4 is 28.5 Å². The number of nitrogens with zero attached hydrogens (tertiary/aromatic N) is 3. The van der Waals surface area contributed by atoms with E-state index in [0.29, 0.717) is 19.2 Å². The monoisotopic (exact) mass is 540 g/mol. The minimum absolute atomic E-state index is 0.0140. The van der Waals surface area contributed by atoms with Crippen LogP contribution in [0.2, 0.25) is 0 Å². The minimum Gasteiger partial charge on any atom is -0.379 e. The van der Waals surface area contributed by atoms with Crippen molar-refractivity contribution < 1.29 is 26.7 Å². The summed E-state index contributed by atoms with van der Waals surface area (Å²) in [6.45, 7) is 4.84. The van der Waals surface area contributed by atoms with Gasteiger partial charge in [0, 0.05) is 65.5 Å². The van der Waals surface area contributed by atoms with Crippen molar-refractivity contribution in [2.45, 2.75) is 49.7 Å². The number of thioether (sulfide) groups is 1. The number of aromatic nitrogens is 2. The Morgan fingerprint density at radius 2 is 1.81 bits per heavy atom. The number of methoxy groups -OCH3 is 1. The van der Waals surface area contributed by atoms with Crippen molar-refractivity contribution in [2.75, 3.05) is 30.9 Å². The van der Waals surface area contributed by atoms with Crippen LogP contribution in [0.3, 0.4) is 0 Å². The predicted octanol–water partition coefficient (Wildman–Crippen LogP) is 4.67. The van der Waals surface area contributed by atoms with Gasteiger partial charge in [-0.05, 0) is 32.0 Å². The molecule has 198 valence electrons. The fourth-order valence-corrected chi connectivity index (χ4v) is 6.52. The minimum atomic E-state index is -4.86. The molecule has 3 aromatic rings. The Hall–Kier alpha value is -2.70. The zero-order chi connectivity index (χ0) is 26.6. The van der Waals surface area contributed by atoms with E-state index in [0.717, 1.165) is 30.0 Å². The second-order valence-corrected chi connectivity index (χ2v) is 10.5. The molecule has 3 atom stereocenters. The lowest BCUT2D eigenvalue weighted by Crippen LogP contribution is -2.55. The van der Waals surface area contributed by atoms with Gasteiger partial charge in [0.15, 0.2) is 0 Å². The summed E-state index contributed by atoms with van der Waals surface area (Å²) in [7, 11) is 1.45. The number of benzene rings is 2. The topological polar surface area (TPSA) is 59.4 Å². The Labute approximate surface area is 213 Å². The first-order valence-corrected chi connectivity index (χ1v) is 12.8. The Bertz CT molecular complexity index is 1420. The van der Waals surface area contributed by atoms with Crippen molar-refractivity contribution in [3.63, 3.8) is 0 Å². The quantitative estimate of drug-likeness (QED) is 0.488. The van der Waals surface area contributed by atoms with E-state index in [9.17, 15) is 26.7 Å². The van der Waals surface area contributed by atoms with E-state index < -0.39 is 46.3 Å². The highest BCUT2D eigenvalue weighted by atomic mass is 32.2. The lowest BCUT2D eigenvalue weighted by Gasteiger charge is -2.37. The van der Waals surface area contributed by atoms with Crippen LogP contribution in [0.4, 0.5) is 27.8 Å². The van der Waals surface area contributed by atoms with Gasteiger partial charge in [0.1, 0.15) is 17.5 Å². The predicted molar refractivity (Wildman–Crippen MR) is 132 cm³/mol. The third kappa shape index (κ3) is 4.70. The fourth-order valence-electron chi connectivity index (χ4n) is 5.20. The van der Waals surface area contributed by atoms with Crippen molar-refractivity contribution in [1.29, 1.82) is 0 Å². The van der Waals surface area contributed by atoms with Gasteiger partial charge in [-0.1, -0.05) is 0 Å². The average Bonchev–Trinajstić information content (AvgIpc) is 3.01. The number of hydrogen-bond donors (Lipinski definition) is 1. The van der Waals surface area contributed by atoms with Gasteiger partial charge >= 0.3 is 11.9 Å². The molecule has 1 fully saturated rings. The van der Waals surface area contributed by atoms with E-state index in [-0.39, 0.29) is 46.0 Å². The van der Waals surface area contributed by atoms with Crippen molar-refractivity contribution in [3.8, 4) is 11.1 Å². The van der Waals surface area contributed by atoms with Gasteiger partial charge in [0.25, 0.3) is 0 Å². The third-order valence-electron chi connectivity index (χ3n) is 6.69. The standard InChI is InChI=1S/C25H25F5N4O2S/c1-12-8-33(9-13(2)31-12)23-17-7-18(25(28,29)30)20(16-5-4-14(26)6-19(16)27)22-21(17)34(24(35)32-23)10-15(36-3)11-37-22/h4-7,12-13,15,31H,8-11H2,1-3H3. The molecule has 5 rings (SSSR count). The van der Waals surface area contributed by atoms with Gasteiger partial charge in [-0.25, -0.2) is 13.6 Å². The second-order valence-electron chi connectivity index (χ2n) is 9.52. The number of rotatable bonds is 3. The van der Waals surface area contributed by atoms with Crippen LogP contribution in [0, 0.1) is 11.6 Å². The Morgan fingerprint density at radius 1 is 1.11 bits per heavy atom. The molecule has 37 heavy (non-hydrogen) atoms. The maximum Gasteiger partial charge on any atom is 0.417 e. The Morgan fingerprint density at radius 3 is 2.43 bits per heavy atom. The molecule has 0 aliphatic carbocycles. The lowest BCUT2D eigenvalue weighted by atomic mass is 9.95. The summed E-state index contributed by atoms with van der Waals surface area (Å²) in [6, 6.07) is 3.45. The van der Waals surface area contributed by atoms with E-state index in [2.05, 4.69) is 10.3 Å². The molecule has 0 spiro atoms. The first-order valence-electron chi connectivity index (χ1n) is 11.8. The lowest BCUT2D eigenvalue weighted by molar-refractivity contribution is -0.137. The van der Waals surface area contributed by atoms with Crippen LogP contribution in [0.5, 0.6) is 0 Å². The SMILES string of the molecule is COC1CSc2c(-c3ccc(F)cc3F)c(C(F)(F)F)cc3c(N4CC(C)NC(C)C4)nc(=O)n(c23)C1. The number of anilines is 1. The molecule has 12 heteroatoms. The summed E-state index contributed by atoms with van der Waals surface area (Å²) in [6.07, 6.45) is -5.36. The molecule has 1 saturated heterocycles. The second kappa shape index (κ2) is 9.55. The number of hydrogen-bond acceptors (Lipinski definition) is 6. The summed E-state index contributed by atoms with van der Waals surface area (Å²) in [5.74, 6) is -1.65. The van der Waals surface area contributed by atoms with Crippen LogP contribution >= 0.6 is 11.8 Å². The van der Waals surface area contributed by atoms with Gasteiger partial charge in [-0.15, -0.1) is 11.8 Å². The first-order chi connectivity index (χ1) is 17.5. The van der Waals surface area contributed by atoms with Crippen LogP contribution in [0.1, 0.15) is 19.4 Å². The third-order valence-corrected chi connectivity index (χ3v) is 7.92. The largest absolute Gasteiger partial charge is 0.417 e. The smallest absolute Gasteiger partial charge is 0.379 e. The van der Waals surface area contributed by atoms with Crippen molar-refractivity contribution in [2.24, 2.45) is 0 Å². The molecule has 2 aliphatic heterocycles. The van der Waals surface area contributed by atoms with E-state index in [4.69, 9.17) is 4.74 Å². The zero-order valence-electron chi connectivity index (χ0n) is 20.3. The number of ether oxygens (including phenoxy) is 1. The molecule has 0 radical (unpaired) electrons. The molecule has 0 bridgehead atoms. The summed E-state index contributed by atoms with van der Waals surface area (Å²) in [5, 5.41) is 3.51. The first kappa shape index (κ1) is 25.9. The zero-order valence-corrected chi connectivity index (χ0v) is 21.1. The maximum absolute atomic E-state index is 15.0. The molecule has 3 heterocycles. The van der Waals surface area contributed by atoms with Gasteiger partial charge in [-0.3, -0.25) is 4.57 Å². The van der Waals surface area contributed by atoms with E-state index >= 15 is 0 Å². The van der Waals surface area contributed by atoms with Gasteiger partial charge in [0.05, 0.1) is 23.7 Å². The molecule has 1 N–H and O–H groups in total.